The van der Waals surface area contributed by atoms with Crippen molar-refractivity contribution in [2.45, 2.75) is 32.2 Å². The van der Waals surface area contributed by atoms with Crippen LogP contribution in [0, 0.1) is 0 Å². The smallest absolute Gasteiger partial charge is 0.159 e. The molecular weight excluding hydrogens is 130 g/mol. The zero-order valence-corrected chi connectivity index (χ0v) is 6.59. The van der Waals surface area contributed by atoms with Crippen molar-refractivity contribution in [3.8, 4) is 0 Å². The highest BCUT2D eigenvalue weighted by atomic mass is 16.7. The van der Waals surface area contributed by atoms with Crippen LogP contribution in [0.15, 0.2) is 0 Å². The third-order valence-electron chi connectivity index (χ3n) is 1.47. The summed E-state index contributed by atoms with van der Waals surface area (Å²) in [5, 5.41) is 0. The van der Waals surface area contributed by atoms with Crippen molar-refractivity contribution < 1.29 is 9.47 Å². The average molecular weight is 145 g/mol. The van der Waals surface area contributed by atoms with E-state index in [1.54, 1.807) is 0 Å². The molecule has 2 N–H and O–H groups in total. The summed E-state index contributed by atoms with van der Waals surface area (Å²) in [6.07, 6.45) is 0.726. The van der Waals surface area contributed by atoms with Crippen molar-refractivity contribution in [3.05, 3.63) is 0 Å². The normalized spacial score (nSPS) is 30.9. The van der Waals surface area contributed by atoms with Gasteiger partial charge in [-0.05, 0) is 20.4 Å². The molecule has 0 bridgehead atoms. The summed E-state index contributed by atoms with van der Waals surface area (Å²) >= 11 is 0. The summed E-state index contributed by atoms with van der Waals surface area (Å²) in [7, 11) is 0. The van der Waals surface area contributed by atoms with Crippen LogP contribution in [0.3, 0.4) is 0 Å². The quantitative estimate of drug-likeness (QED) is 0.615. The van der Waals surface area contributed by atoms with Crippen molar-refractivity contribution in [1.82, 2.24) is 0 Å². The number of rotatable bonds is 2. The van der Waals surface area contributed by atoms with E-state index in [1.807, 2.05) is 13.8 Å². The van der Waals surface area contributed by atoms with Crippen molar-refractivity contribution in [2.24, 2.45) is 5.73 Å². The zero-order valence-electron chi connectivity index (χ0n) is 6.59. The first-order chi connectivity index (χ1) is 4.64. The molecule has 1 fully saturated rings. The van der Waals surface area contributed by atoms with Crippen LogP contribution in [0.2, 0.25) is 0 Å². The van der Waals surface area contributed by atoms with Gasteiger partial charge in [-0.15, -0.1) is 0 Å². The molecule has 1 aliphatic rings. The highest BCUT2D eigenvalue weighted by Gasteiger charge is 2.31. The molecule has 0 radical (unpaired) electrons. The molecule has 1 saturated heterocycles. The van der Waals surface area contributed by atoms with Crippen molar-refractivity contribution >= 4 is 0 Å². The van der Waals surface area contributed by atoms with Crippen LogP contribution in [0.5, 0.6) is 0 Å². The second kappa shape index (κ2) is 2.86. The first-order valence-corrected chi connectivity index (χ1v) is 3.63. The number of nitrogens with two attached hydrogens (primary N) is 1. The van der Waals surface area contributed by atoms with E-state index in [4.69, 9.17) is 15.2 Å². The van der Waals surface area contributed by atoms with Gasteiger partial charge in [0.15, 0.2) is 6.29 Å². The number of hydrogen-bond acceptors (Lipinski definition) is 3. The minimum Gasteiger partial charge on any atom is -0.350 e. The summed E-state index contributed by atoms with van der Waals surface area (Å²) in [4.78, 5) is 0. The van der Waals surface area contributed by atoms with Crippen LogP contribution in [0.1, 0.15) is 20.3 Å². The van der Waals surface area contributed by atoms with Gasteiger partial charge in [-0.3, -0.25) is 0 Å². The summed E-state index contributed by atoms with van der Waals surface area (Å²) in [6.45, 7) is 5.34. The molecular formula is C7H15NO2. The summed E-state index contributed by atoms with van der Waals surface area (Å²) in [5.41, 5.74) is 5.23. The lowest BCUT2D eigenvalue weighted by Crippen LogP contribution is -2.23. The van der Waals surface area contributed by atoms with Crippen molar-refractivity contribution in [1.29, 1.82) is 0 Å². The molecule has 10 heavy (non-hydrogen) atoms. The van der Waals surface area contributed by atoms with E-state index >= 15 is 0 Å². The largest absolute Gasteiger partial charge is 0.350 e. The Kier molecular flexibility index (Phi) is 2.28. The maximum atomic E-state index is 5.49. The molecule has 60 valence electrons. The lowest BCUT2D eigenvalue weighted by molar-refractivity contribution is -0.0804. The fourth-order valence-electron chi connectivity index (χ4n) is 0.996. The molecule has 0 aromatic rings. The summed E-state index contributed by atoms with van der Waals surface area (Å²) < 4.78 is 10.8. The number of ether oxygens (including phenoxy) is 2. The second-order valence-corrected chi connectivity index (χ2v) is 3.20. The third kappa shape index (κ3) is 1.94. The summed E-state index contributed by atoms with van der Waals surface area (Å²) in [5.74, 6) is 0. The Labute approximate surface area is 61.5 Å². The molecule has 0 spiro atoms. The minimum absolute atomic E-state index is 0.0694. The van der Waals surface area contributed by atoms with Gasteiger partial charge in [0.25, 0.3) is 0 Å². The lowest BCUT2D eigenvalue weighted by atomic mass is 10.2. The van der Waals surface area contributed by atoms with Crippen LogP contribution >= 0.6 is 0 Å². The SMILES string of the molecule is CC1(C)COC(CCN)O1. The predicted octanol–water partition coefficient (Wildman–Crippen LogP) is 0.487. The van der Waals surface area contributed by atoms with E-state index in [0.29, 0.717) is 13.2 Å². The van der Waals surface area contributed by atoms with E-state index in [9.17, 15) is 0 Å². The van der Waals surface area contributed by atoms with Crippen LogP contribution in [0.25, 0.3) is 0 Å². The average Bonchev–Trinajstić information content (AvgIpc) is 2.12. The zero-order chi connectivity index (χ0) is 7.61. The minimum atomic E-state index is -0.111. The molecule has 1 unspecified atom stereocenters. The van der Waals surface area contributed by atoms with Gasteiger partial charge in [-0.2, -0.15) is 0 Å². The first-order valence-electron chi connectivity index (χ1n) is 3.63. The number of hydrogen-bond donors (Lipinski definition) is 1. The van der Waals surface area contributed by atoms with Crippen LogP contribution < -0.4 is 5.73 Å². The first kappa shape index (κ1) is 7.98. The van der Waals surface area contributed by atoms with E-state index in [1.165, 1.54) is 0 Å². The molecule has 1 aliphatic heterocycles. The molecule has 0 saturated carbocycles. The van der Waals surface area contributed by atoms with Gasteiger partial charge in [0.05, 0.1) is 12.2 Å². The van der Waals surface area contributed by atoms with Gasteiger partial charge in [0.2, 0.25) is 0 Å². The molecule has 3 heteroatoms. The van der Waals surface area contributed by atoms with Gasteiger partial charge in [0.1, 0.15) is 0 Å². The van der Waals surface area contributed by atoms with E-state index in [2.05, 4.69) is 0 Å². The van der Waals surface area contributed by atoms with E-state index < -0.39 is 0 Å². The standard InChI is InChI=1S/C7H15NO2/c1-7(2)5-9-6(10-7)3-4-8/h6H,3-5,8H2,1-2H3. The van der Waals surface area contributed by atoms with Gasteiger partial charge >= 0.3 is 0 Å². The maximum Gasteiger partial charge on any atom is 0.159 e. The molecule has 0 amide bonds. The van der Waals surface area contributed by atoms with E-state index in [-0.39, 0.29) is 11.9 Å². The van der Waals surface area contributed by atoms with Crippen molar-refractivity contribution in [2.75, 3.05) is 13.2 Å². The third-order valence-corrected chi connectivity index (χ3v) is 1.47. The second-order valence-electron chi connectivity index (χ2n) is 3.20. The van der Waals surface area contributed by atoms with Gasteiger partial charge in [-0.25, -0.2) is 0 Å². The van der Waals surface area contributed by atoms with Gasteiger partial charge in [-0.1, -0.05) is 0 Å². The van der Waals surface area contributed by atoms with Crippen LogP contribution in [0.4, 0.5) is 0 Å². The van der Waals surface area contributed by atoms with Crippen molar-refractivity contribution in [3.63, 3.8) is 0 Å². The van der Waals surface area contributed by atoms with Gasteiger partial charge in [0, 0.05) is 6.42 Å². The Morgan fingerprint density at radius 2 is 2.30 bits per heavy atom. The Bertz CT molecular complexity index is 114. The van der Waals surface area contributed by atoms with E-state index in [0.717, 1.165) is 6.42 Å². The lowest BCUT2D eigenvalue weighted by Gasteiger charge is -2.15. The Hall–Kier alpha value is -0.120. The monoisotopic (exact) mass is 145 g/mol. The highest BCUT2D eigenvalue weighted by Crippen LogP contribution is 2.22. The Balaban J connectivity index is 2.29. The molecule has 1 heterocycles. The molecule has 1 atom stereocenters. The van der Waals surface area contributed by atoms with Crippen LogP contribution in [-0.2, 0) is 9.47 Å². The predicted molar refractivity (Wildman–Crippen MR) is 38.6 cm³/mol. The maximum absolute atomic E-state index is 5.49. The highest BCUT2D eigenvalue weighted by molar-refractivity contribution is 4.74. The molecule has 0 aromatic heterocycles. The molecule has 0 aliphatic carbocycles. The summed E-state index contributed by atoms with van der Waals surface area (Å²) in [6, 6.07) is 0. The van der Waals surface area contributed by atoms with Crippen LogP contribution in [-0.4, -0.2) is 25.0 Å². The molecule has 1 rings (SSSR count). The molecule has 3 nitrogen and oxygen atoms in total. The Morgan fingerprint density at radius 3 is 2.70 bits per heavy atom. The Morgan fingerprint density at radius 1 is 1.60 bits per heavy atom. The molecule has 0 aromatic carbocycles. The topological polar surface area (TPSA) is 44.5 Å². The fraction of sp³-hybridized carbons (Fsp3) is 1.00. The van der Waals surface area contributed by atoms with Gasteiger partial charge < -0.3 is 15.2 Å². The fourth-order valence-corrected chi connectivity index (χ4v) is 0.996.